The lowest BCUT2D eigenvalue weighted by molar-refractivity contribution is 0.659. The van der Waals surface area contributed by atoms with Gasteiger partial charge in [-0.25, -0.2) is 9.97 Å². The normalized spacial score (nSPS) is 11.2. The van der Waals surface area contributed by atoms with Crippen LogP contribution in [0.1, 0.15) is 12.1 Å². The van der Waals surface area contributed by atoms with Gasteiger partial charge in [-0.05, 0) is 19.4 Å². The molecular formula is C19H19ClN6. The van der Waals surface area contributed by atoms with Gasteiger partial charge >= 0.3 is 0 Å². The fourth-order valence-electron chi connectivity index (χ4n) is 2.98. The van der Waals surface area contributed by atoms with Crippen molar-refractivity contribution < 1.29 is 0 Å². The summed E-state index contributed by atoms with van der Waals surface area (Å²) in [5, 5.41) is 8.68. The van der Waals surface area contributed by atoms with Crippen LogP contribution in [0, 0.1) is 6.92 Å². The van der Waals surface area contributed by atoms with E-state index >= 15 is 0 Å². The molecule has 1 aromatic carbocycles. The van der Waals surface area contributed by atoms with E-state index in [1.54, 1.807) is 6.20 Å². The maximum Gasteiger partial charge on any atom is 0.165 e. The molecule has 3 heterocycles. The maximum absolute atomic E-state index is 6.36. The lowest BCUT2D eigenvalue weighted by Crippen LogP contribution is -2.10. The van der Waals surface area contributed by atoms with Crippen molar-refractivity contribution >= 4 is 23.1 Å². The number of imidazole rings is 1. The quantitative estimate of drug-likeness (QED) is 0.523. The number of nitrogens with one attached hydrogen (secondary N) is 1. The molecule has 6 nitrogen and oxygen atoms in total. The van der Waals surface area contributed by atoms with Crippen LogP contribution in [0.15, 0.2) is 55.2 Å². The summed E-state index contributed by atoms with van der Waals surface area (Å²) in [5.74, 6) is 0.927. The SMILES string of the molecule is Cc1cc(NCCCn2ccnc2)n2ncc(-c3ccccc3Cl)c2n1. The molecule has 0 saturated heterocycles. The first-order valence-corrected chi connectivity index (χ1v) is 8.90. The van der Waals surface area contributed by atoms with Crippen molar-refractivity contribution in [2.75, 3.05) is 11.9 Å². The van der Waals surface area contributed by atoms with Gasteiger partial charge in [-0.3, -0.25) is 0 Å². The summed E-state index contributed by atoms with van der Waals surface area (Å²) < 4.78 is 3.90. The van der Waals surface area contributed by atoms with Crippen LogP contribution in [0.4, 0.5) is 5.82 Å². The van der Waals surface area contributed by atoms with Gasteiger partial charge in [0, 0.05) is 53.4 Å². The Hall–Kier alpha value is -2.86. The molecule has 0 bridgehead atoms. The molecule has 0 aliphatic heterocycles. The van der Waals surface area contributed by atoms with Crippen LogP contribution in [0.3, 0.4) is 0 Å². The number of anilines is 1. The smallest absolute Gasteiger partial charge is 0.165 e. The fraction of sp³-hybridized carbons (Fsp3) is 0.211. The first kappa shape index (κ1) is 16.6. The number of benzene rings is 1. The van der Waals surface area contributed by atoms with Gasteiger partial charge in [-0.15, -0.1) is 0 Å². The van der Waals surface area contributed by atoms with Crippen molar-refractivity contribution in [3.63, 3.8) is 0 Å². The zero-order valence-corrected chi connectivity index (χ0v) is 15.2. The molecule has 0 saturated carbocycles. The number of hydrogen-bond acceptors (Lipinski definition) is 4. The Kier molecular flexibility index (Phi) is 4.58. The van der Waals surface area contributed by atoms with Crippen LogP contribution in [-0.4, -0.2) is 30.7 Å². The lowest BCUT2D eigenvalue weighted by Gasteiger charge is -2.10. The van der Waals surface area contributed by atoms with E-state index in [1.807, 2.05) is 60.5 Å². The highest BCUT2D eigenvalue weighted by Gasteiger charge is 2.13. The van der Waals surface area contributed by atoms with Crippen molar-refractivity contribution in [1.82, 2.24) is 24.1 Å². The highest BCUT2D eigenvalue weighted by molar-refractivity contribution is 6.33. The Balaban J connectivity index is 1.59. The Labute approximate surface area is 156 Å². The summed E-state index contributed by atoms with van der Waals surface area (Å²) in [6.45, 7) is 3.74. The first-order chi connectivity index (χ1) is 12.7. The summed E-state index contributed by atoms with van der Waals surface area (Å²) in [6.07, 6.45) is 8.40. The van der Waals surface area contributed by atoms with Crippen molar-refractivity contribution in [3.05, 3.63) is 66.0 Å². The fourth-order valence-corrected chi connectivity index (χ4v) is 3.21. The average Bonchev–Trinajstić information content (AvgIpc) is 3.29. The molecule has 0 aliphatic carbocycles. The molecular weight excluding hydrogens is 348 g/mol. The van der Waals surface area contributed by atoms with Gasteiger partial charge in [0.1, 0.15) is 5.82 Å². The predicted octanol–water partition coefficient (Wildman–Crippen LogP) is 4.06. The third-order valence-electron chi connectivity index (χ3n) is 4.22. The van der Waals surface area contributed by atoms with Crippen LogP contribution < -0.4 is 5.32 Å². The predicted molar refractivity (Wildman–Crippen MR) is 104 cm³/mol. The summed E-state index contributed by atoms with van der Waals surface area (Å²) >= 11 is 6.36. The Bertz CT molecular complexity index is 1020. The topological polar surface area (TPSA) is 60.0 Å². The molecule has 0 amide bonds. The highest BCUT2D eigenvalue weighted by atomic mass is 35.5. The number of fused-ring (bicyclic) bond motifs is 1. The largest absolute Gasteiger partial charge is 0.370 e. The number of nitrogens with zero attached hydrogens (tertiary/aromatic N) is 5. The molecule has 3 aromatic heterocycles. The van der Waals surface area contributed by atoms with Gasteiger partial charge in [-0.1, -0.05) is 29.8 Å². The molecule has 0 fully saturated rings. The summed E-state index contributed by atoms with van der Waals surface area (Å²) in [7, 11) is 0. The standard InChI is InChI=1S/C19H19ClN6/c1-14-11-18(22-7-4-9-25-10-8-21-13-25)26-19(24-14)16(12-23-26)15-5-2-3-6-17(15)20/h2-3,5-6,8,10-13,22H,4,7,9H2,1H3. The Morgan fingerprint density at radius 1 is 1.19 bits per heavy atom. The van der Waals surface area contributed by atoms with Crippen molar-refractivity contribution in [2.45, 2.75) is 19.9 Å². The lowest BCUT2D eigenvalue weighted by atomic mass is 10.1. The third-order valence-corrected chi connectivity index (χ3v) is 4.55. The molecule has 0 unspecified atom stereocenters. The number of hydrogen-bond donors (Lipinski definition) is 1. The minimum atomic E-state index is 0.695. The summed E-state index contributed by atoms with van der Waals surface area (Å²) in [6, 6.07) is 9.76. The Morgan fingerprint density at radius 3 is 2.88 bits per heavy atom. The van der Waals surface area contributed by atoms with Gasteiger partial charge in [-0.2, -0.15) is 9.61 Å². The molecule has 0 radical (unpaired) electrons. The molecule has 4 rings (SSSR count). The van der Waals surface area contributed by atoms with Gasteiger partial charge in [0.25, 0.3) is 0 Å². The minimum absolute atomic E-state index is 0.695. The molecule has 4 aromatic rings. The molecule has 0 spiro atoms. The number of aryl methyl sites for hydroxylation is 2. The monoisotopic (exact) mass is 366 g/mol. The summed E-state index contributed by atoms with van der Waals surface area (Å²) in [4.78, 5) is 8.73. The summed E-state index contributed by atoms with van der Waals surface area (Å²) in [5.41, 5.74) is 3.60. The first-order valence-electron chi connectivity index (χ1n) is 8.52. The Morgan fingerprint density at radius 2 is 2.08 bits per heavy atom. The van der Waals surface area contributed by atoms with Crippen molar-refractivity contribution in [1.29, 1.82) is 0 Å². The van der Waals surface area contributed by atoms with E-state index in [0.29, 0.717) is 5.02 Å². The van der Waals surface area contributed by atoms with E-state index in [1.165, 1.54) is 0 Å². The van der Waals surface area contributed by atoms with Crippen LogP contribution >= 0.6 is 11.6 Å². The molecule has 7 heteroatoms. The minimum Gasteiger partial charge on any atom is -0.370 e. The zero-order valence-electron chi connectivity index (χ0n) is 14.4. The molecule has 1 N–H and O–H groups in total. The molecule has 0 aliphatic rings. The van der Waals surface area contributed by atoms with E-state index in [2.05, 4.69) is 25.0 Å². The van der Waals surface area contributed by atoms with Crippen molar-refractivity contribution in [2.24, 2.45) is 0 Å². The van der Waals surface area contributed by atoms with E-state index in [-0.39, 0.29) is 0 Å². The van der Waals surface area contributed by atoms with E-state index in [0.717, 1.165) is 47.8 Å². The van der Waals surface area contributed by atoms with E-state index in [9.17, 15) is 0 Å². The van der Waals surface area contributed by atoms with Crippen LogP contribution in [0.5, 0.6) is 0 Å². The van der Waals surface area contributed by atoms with E-state index in [4.69, 9.17) is 11.6 Å². The maximum atomic E-state index is 6.36. The van der Waals surface area contributed by atoms with Crippen LogP contribution in [0.25, 0.3) is 16.8 Å². The van der Waals surface area contributed by atoms with Crippen molar-refractivity contribution in [3.8, 4) is 11.1 Å². The number of halogens is 1. The van der Waals surface area contributed by atoms with Gasteiger partial charge < -0.3 is 9.88 Å². The molecule has 0 atom stereocenters. The second-order valence-electron chi connectivity index (χ2n) is 6.14. The average molecular weight is 367 g/mol. The van der Waals surface area contributed by atoms with Gasteiger partial charge in [0.05, 0.1) is 12.5 Å². The van der Waals surface area contributed by atoms with Crippen LogP contribution in [-0.2, 0) is 6.54 Å². The zero-order chi connectivity index (χ0) is 17.9. The number of aromatic nitrogens is 5. The second-order valence-corrected chi connectivity index (χ2v) is 6.54. The van der Waals surface area contributed by atoms with E-state index < -0.39 is 0 Å². The second kappa shape index (κ2) is 7.17. The van der Waals surface area contributed by atoms with Gasteiger partial charge in [0.2, 0.25) is 0 Å². The molecule has 26 heavy (non-hydrogen) atoms. The molecule has 132 valence electrons. The highest BCUT2D eigenvalue weighted by Crippen LogP contribution is 2.31. The third kappa shape index (κ3) is 3.28. The van der Waals surface area contributed by atoms with Crippen LogP contribution in [0.2, 0.25) is 5.02 Å². The number of rotatable bonds is 6. The van der Waals surface area contributed by atoms with Gasteiger partial charge in [0.15, 0.2) is 5.65 Å².